The first-order chi connectivity index (χ1) is 18.3. The van der Waals surface area contributed by atoms with Crippen LogP contribution in [0.2, 0.25) is 0 Å². The molecular weight excluding hydrogens is 504 g/mol. The molecular formula is C27H42N6O4S. The van der Waals surface area contributed by atoms with Gasteiger partial charge in [-0.05, 0) is 80.8 Å². The van der Waals surface area contributed by atoms with Crippen molar-refractivity contribution in [3.05, 3.63) is 29.8 Å². The first-order valence-electron chi connectivity index (χ1n) is 13.5. The van der Waals surface area contributed by atoms with Gasteiger partial charge in [-0.1, -0.05) is 19.1 Å². The molecule has 0 saturated carbocycles. The minimum Gasteiger partial charge on any atom is -0.497 e. The van der Waals surface area contributed by atoms with E-state index >= 15 is 0 Å². The van der Waals surface area contributed by atoms with Crippen molar-refractivity contribution in [2.75, 3.05) is 27.2 Å². The van der Waals surface area contributed by atoms with Crippen molar-refractivity contribution < 1.29 is 19.1 Å². The number of thiocarbonyl (C=S) groups is 1. The summed E-state index contributed by atoms with van der Waals surface area (Å²) >= 11 is 5.17. The van der Waals surface area contributed by atoms with Gasteiger partial charge in [0.1, 0.15) is 17.8 Å². The summed E-state index contributed by atoms with van der Waals surface area (Å²) in [7, 11) is 3.37. The fourth-order valence-corrected chi connectivity index (χ4v) is 5.43. The van der Waals surface area contributed by atoms with Gasteiger partial charge in [0.05, 0.1) is 13.2 Å². The normalized spacial score (nSPS) is 23.6. The van der Waals surface area contributed by atoms with E-state index in [4.69, 9.17) is 22.7 Å². The van der Waals surface area contributed by atoms with Crippen molar-refractivity contribution in [3.63, 3.8) is 0 Å². The van der Waals surface area contributed by atoms with E-state index in [1.54, 1.807) is 19.1 Å². The monoisotopic (exact) mass is 546 g/mol. The van der Waals surface area contributed by atoms with Gasteiger partial charge in [-0.25, -0.2) is 0 Å². The molecule has 6 N–H and O–H groups in total. The number of fused-ring (bicyclic) bond motifs is 1. The van der Waals surface area contributed by atoms with E-state index in [-0.39, 0.29) is 29.7 Å². The van der Waals surface area contributed by atoms with E-state index in [9.17, 15) is 14.4 Å². The Morgan fingerprint density at radius 3 is 2.50 bits per heavy atom. The molecule has 38 heavy (non-hydrogen) atoms. The molecule has 11 heteroatoms. The fourth-order valence-electron chi connectivity index (χ4n) is 5.33. The summed E-state index contributed by atoms with van der Waals surface area (Å²) in [4.78, 5) is 41.6. The number of nitrogens with zero attached hydrogens (tertiary/aromatic N) is 1. The highest BCUT2D eigenvalue weighted by Crippen LogP contribution is 2.35. The van der Waals surface area contributed by atoms with Gasteiger partial charge in [0, 0.05) is 26.2 Å². The number of hydrogen-bond acceptors (Lipinski definition) is 6. The maximum Gasteiger partial charge on any atom is 0.246 e. The van der Waals surface area contributed by atoms with Crippen LogP contribution >= 0.6 is 12.2 Å². The molecule has 2 aliphatic heterocycles. The van der Waals surface area contributed by atoms with E-state index in [0.717, 1.165) is 30.6 Å². The van der Waals surface area contributed by atoms with Crippen LogP contribution in [0.4, 0.5) is 0 Å². The quantitative estimate of drug-likeness (QED) is 0.257. The number of amides is 3. The van der Waals surface area contributed by atoms with Gasteiger partial charge in [0.15, 0.2) is 5.11 Å². The van der Waals surface area contributed by atoms with Gasteiger partial charge >= 0.3 is 0 Å². The van der Waals surface area contributed by atoms with Crippen LogP contribution in [0.1, 0.15) is 51.0 Å². The molecule has 2 aliphatic rings. The van der Waals surface area contributed by atoms with Crippen molar-refractivity contribution in [1.29, 1.82) is 0 Å². The van der Waals surface area contributed by atoms with Gasteiger partial charge in [0.25, 0.3) is 0 Å². The number of carbonyl (C=O) groups is 3. The lowest BCUT2D eigenvalue weighted by atomic mass is 9.90. The predicted molar refractivity (Wildman–Crippen MR) is 151 cm³/mol. The van der Waals surface area contributed by atoms with Crippen LogP contribution in [0.3, 0.4) is 0 Å². The van der Waals surface area contributed by atoms with Crippen molar-refractivity contribution in [1.82, 2.24) is 26.2 Å². The summed E-state index contributed by atoms with van der Waals surface area (Å²) < 4.78 is 5.19. The third kappa shape index (κ3) is 7.57. The van der Waals surface area contributed by atoms with Crippen LogP contribution < -0.4 is 31.7 Å². The molecule has 2 saturated heterocycles. The molecule has 3 amide bonds. The number of hydrogen-bond donors (Lipinski definition) is 5. The number of carbonyl (C=O) groups excluding carboxylic acids is 3. The Bertz CT molecular complexity index is 975. The van der Waals surface area contributed by atoms with E-state index in [1.165, 1.54) is 0 Å². The lowest BCUT2D eigenvalue weighted by molar-refractivity contribution is -0.143. The Labute approximate surface area is 230 Å². The average molecular weight is 547 g/mol. The maximum atomic E-state index is 13.9. The number of nitrogens with two attached hydrogens (primary N) is 1. The van der Waals surface area contributed by atoms with E-state index in [1.807, 2.05) is 31.2 Å². The van der Waals surface area contributed by atoms with Crippen LogP contribution in [-0.4, -0.2) is 79.1 Å². The summed E-state index contributed by atoms with van der Waals surface area (Å²) in [5.41, 5.74) is 7.07. The minimum atomic E-state index is -0.734. The topological polar surface area (TPSA) is 138 Å². The smallest absolute Gasteiger partial charge is 0.246 e. The van der Waals surface area contributed by atoms with Crippen molar-refractivity contribution in [2.45, 2.75) is 76.0 Å². The minimum absolute atomic E-state index is 0.0181. The molecule has 1 aromatic carbocycles. The molecule has 2 fully saturated rings. The Morgan fingerprint density at radius 1 is 1.13 bits per heavy atom. The van der Waals surface area contributed by atoms with Crippen LogP contribution in [0.15, 0.2) is 24.3 Å². The summed E-state index contributed by atoms with van der Waals surface area (Å²) in [5.74, 6) is 0.0110. The lowest BCUT2D eigenvalue weighted by Gasteiger charge is -2.32. The maximum absolute atomic E-state index is 13.9. The second kappa shape index (κ2) is 14.3. The molecule has 210 valence electrons. The Morgan fingerprint density at radius 2 is 1.84 bits per heavy atom. The zero-order chi connectivity index (χ0) is 27.7. The number of benzene rings is 1. The SMILES string of the molecule is CC[C@H](N)C(=O)NC1C(=O)N2[C@@H](CCC1CCNC(=S)NC)CC[C@H]2C(=O)NCCc1ccc(OC)cc1. The number of methoxy groups -OCH3 is 1. The van der Waals surface area contributed by atoms with Gasteiger partial charge in [-0.3, -0.25) is 14.4 Å². The van der Waals surface area contributed by atoms with Gasteiger partial charge in [-0.2, -0.15) is 0 Å². The highest BCUT2D eigenvalue weighted by Gasteiger charge is 2.47. The number of nitrogens with one attached hydrogen (secondary N) is 4. The average Bonchev–Trinajstić information content (AvgIpc) is 3.32. The third-order valence-corrected chi connectivity index (χ3v) is 7.99. The van der Waals surface area contributed by atoms with Crippen molar-refractivity contribution in [2.24, 2.45) is 11.7 Å². The largest absolute Gasteiger partial charge is 0.497 e. The molecule has 1 aromatic rings. The summed E-state index contributed by atoms with van der Waals surface area (Å²) in [6, 6.07) is 5.75. The van der Waals surface area contributed by atoms with Gasteiger partial charge in [-0.15, -0.1) is 0 Å². The van der Waals surface area contributed by atoms with Gasteiger partial charge in [0.2, 0.25) is 17.7 Å². The standard InChI is InChI=1S/C27H42N6O4S/c1-4-21(28)24(34)32-23-18(14-16-31-27(38)29-2)7-8-19-9-12-22(33(19)26(23)36)25(35)30-15-13-17-5-10-20(37-3)11-6-17/h5-6,10-11,18-19,21-23H,4,7-9,12-16,28H2,1-3H3,(H,30,35)(H,32,34)(H2,29,31,38)/t18?,19-,21-,22-,23?/m0/s1. The molecule has 0 aliphatic carbocycles. The molecule has 0 spiro atoms. The van der Waals surface area contributed by atoms with E-state index in [0.29, 0.717) is 43.9 Å². The van der Waals surface area contributed by atoms with E-state index in [2.05, 4.69) is 21.3 Å². The Hall–Kier alpha value is -2.92. The second-order valence-electron chi connectivity index (χ2n) is 10.0. The highest BCUT2D eigenvalue weighted by molar-refractivity contribution is 7.80. The molecule has 5 atom stereocenters. The Balaban J connectivity index is 1.68. The van der Waals surface area contributed by atoms with Gasteiger partial charge < -0.3 is 36.6 Å². The van der Waals surface area contributed by atoms with Crippen molar-refractivity contribution >= 4 is 35.1 Å². The highest BCUT2D eigenvalue weighted by atomic mass is 32.1. The first-order valence-corrected chi connectivity index (χ1v) is 13.9. The molecule has 0 aromatic heterocycles. The van der Waals surface area contributed by atoms with Crippen LogP contribution in [-0.2, 0) is 20.8 Å². The van der Waals surface area contributed by atoms with Crippen LogP contribution in [0.25, 0.3) is 0 Å². The zero-order valence-electron chi connectivity index (χ0n) is 22.6. The molecule has 2 heterocycles. The molecule has 3 rings (SSSR count). The number of ether oxygens (including phenoxy) is 1. The van der Waals surface area contributed by atoms with Crippen molar-refractivity contribution in [3.8, 4) is 5.75 Å². The Kier molecular flexibility index (Phi) is 11.1. The van der Waals surface area contributed by atoms with Crippen LogP contribution in [0.5, 0.6) is 5.75 Å². The number of rotatable bonds is 11. The molecule has 2 unspecified atom stereocenters. The summed E-state index contributed by atoms with van der Waals surface area (Å²) in [5, 5.41) is 12.5. The van der Waals surface area contributed by atoms with Crippen LogP contribution in [0, 0.1) is 5.92 Å². The summed E-state index contributed by atoms with van der Waals surface area (Å²) in [6.07, 6.45) is 4.74. The molecule has 0 radical (unpaired) electrons. The third-order valence-electron chi connectivity index (χ3n) is 7.64. The van der Waals surface area contributed by atoms with E-state index < -0.39 is 18.1 Å². The second-order valence-corrected chi connectivity index (χ2v) is 10.4. The first kappa shape index (κ1) is 29.6. The summed E-state index contributed by atoms with van der Waals surface area (Å²) in [6.45, 7) is 2.88. The predicted octanol–water partition coefficient (Wildman–Crippen LogP) is 0.830. The molecule has 10 nitrogen and oxygen atoms in total. The molecule has 0 bridgehead atoms. The lowest BCUT2D eigenvalue weighted by Crippen LogP contribution is -2.58. The zero-order valence-corrected chi connectivity index (χ0v) is 23.4. The fraction of sp³-hybridized carbons (Fsp3) is 0.630.